The van der Waals surface area contributed by atoms with Crippen LogP contribution in [0.1, 0.15) is 35.4 Å². The van der Waals surface area contributed by atoms with Crippen molar-refractivity contribution in [3.63, 3.8) is 0 Å². The molecule has 5 nitrogen and oxygen atoms in total. The Balaban J connectivity index is 2.15. The minimum absolute atomic E-state index is 0.00428. The normalized spacial score (nSPS) is 17.4. The molecule has 0 radical (unpaired) electrons. The Morgan fingerprint density at radius 1 is 1.35 bits per heavy atom. The monoisotopic (exact) mass is 275 g/mol. The summed E-state index contributed by atoms with van der Waals surface area (Å²) >= 11 is 0.781. The highest BCUT2D eigenvalue weighted by Gasteiger charge is 2.24. The van der Waals surface area contributed by atoms with Gasteiger partial charge in [-0.1, -0.05) is 12.8 Å². The van der Waals surface area contributed by atoms with Gasteiger partial charge in [0.15, 0.2) is 0 Å². The van der Waals surface area contributed by atoms with Crippen LogP contribution in [0.4, 0.5) is 0 Å². The Labute approximate surface area is 104 Å². The Kier molecular flexibility index (Phi) is 3.50. The average Bonchev–Trinajstić information content (AvgIpc) is 2.84. The molecule has 1 saturated carbocycles. The molecule has 2 rings (SSSR count). The molecule has 0 aromatic carbocycles. The zero-order valence-corrected chi connectivity index (χ0v) is 10.7. The van der Waals surface area contributed by atoms with Gasteiger partial charge in [-0.25, -0.2) is 17.9 Å². The third-order valence-electron chi connectivity index (χ3n) is 2.73. The molecule has 2 N–H and O–H groups in total. The first-order valence-corrected chi connectivity index (χ1v) is 7.64. The van der Waals surface area contributed by atoms with Gasteiger partial charge in [-0.3, -0.25) is 0 Å². The number of nitrogens with one attached hydrogen (secondary N) is 1. The maximum atomic E-state index is 11.9. The maximum absolute atomic E-state index is 11.9. The number of thiophene rings is 1. The molecule has 0 amide bonds. The topological polar surface area (TPSA) is 83.5 Å². The van der Waals surface area contributed by atoms with Gasteiger partial charge in [0.2, 0.25) is 10.0 Å². The third-order valence-corrected chi connectivity index (χ3v) is 5.82. The van der Waals surface area contributed by atoms with Gasteiger partial charge in [-0.15, -0.1) is 11.3 Å². The van der Waals surface area contributed by atoms with Crippen LogP contribution in [0.2, 0.25) is 0 Å². The van der Waals surface area contributed by atoms with E-state index in [9.17, 15) is 13.2 Å². The van der Waals surface area contributed by atoms with Crippen molar-refractivity contribution in [3.8, 4) is 0 Å². The number of hydrogen-bond acceptors (Lipinski definition) is 4. The molecule has 0 bridgehead atoms. The van der Waals surface area contributed by atoms with Crippen molar-refractivity contribution in [2.45, 2.75) is 35.9 Å². The molecule has 1 fully saturated rings. The first-order chi connectivity index (χ1) is 7.99. The van der Waals surface area contributed by atoms with Crippen molar-refractivity contribution in [2.75, 3.05) is 0 Å². The first-order valence-electron chi connectivity index (χ1n) is 5.34. The van der Waals surface area contributed by atoms with E-state index in [-0.39, 0.29) is 15.1 Å². The van der Waals surface area contributed by atoms with Crippen LogP contribution >= 0.6 is 11.3 Å². The van der Waals surface area contributed by atoms with Crippen LogP contribution in [-0.4, -0.2) is 25.5 Å². The van der Waals surface area contributed by atoms with Crippen LogP contribution in [0.25, 0.3) is 0 Å². The highest BCUT2D eigenvalue weighted by atomic mass is 32.2. The molecule has 7 heteroatoms. The van der Waals surface area contributed by atoms with Gasteiger partial charge in [-0.05, 0) is 25.0 Å². The zero-order valence-electron chi connectivity index (χ0n) is 9.05. The number of carboxylic acid groups (broad SMARTS) is 1. The fourth-order valence-corrected chi connectivity index (χ4v) is 4.37. The summed E-state index contributed by atoms with van der Waals surface area (Å²) < 4.78 is 26.5. The highest BCUT2D eigenvalue weighted by molar-refractivity contribution is 7.91. The highest BCUT2D eigenvalue weighted by Crippen LogP contribution is 2.24. The number of hydrogen-bond donors (Lipinski definition) is 2. The van der Waals surface area contributed by atoms with E-state index in [1.54, 1.807) is 0 Å². The molecule has 17 heavy (non-hydrogen) atoms. The standard InChI is InChI=1S/C10H13NO4S2/c12-10(13)8-5-6-9(16-8)17(14,15)11-7-3-1-2-4-7/h5-7,11H,1-4H2,(H,12,13). The predicted octanol–water partition coefficient (Wildman–Crippen LogP) is 1.67. The van der Waals surface area contributed by atoms with Crippen LogP contribution in [0.3, 0.4) is 0 Å². The second-order valence-electron chi connectivity index (χ2n) is 4.03. The number of rotatable bonds is 4. The lowest BCUT2D eigenvalue weighted by atomic mass is 10.3. The molecule has 1 aromatic heterocycles. The van der Waals surface area contributed by atoms with E-state index in [1.807, 2.05) is 0 Å². The molecule has 0 atom stereocenters. The SMILES string of the molecule is O=C(O)c1ccc(S(=O)(=O)NC2CCCC2)s1. The molecule has 1 aliphatic carbocycles. The van der Waals surface area contributed by atoms with Gasteiger partial charge in [0.1, 0.15) is 9.09 Å². The second-order valence-corrected chi connectivity index (χ2v) is 7.05. The van der Waals surface area contributed by atoms with Gasteiger partial charge >= 0.3 is 5.97 Å². The fraction of sp³-hybridized carbons (Fsp3) is 0.500. The lowest BCUT2D eigenvalue weighted by Crippen LogP contribution is -2.32. The molecule has 0 unspecified atom stereocenters. The lowest BCUT2D eigenvalue weighted by Gasteiger charge is -2.10. The van der Waals surface area contributed by atoms with Crippen molar-refractivity contribution in [3.05, 3.63) is 17.0 Å². The Morgan fingerprint density at radius 3 is 2.53 bits per heavy atom. The third kappa shape index (κ3) is 2.85. The molecular formula is C10H13NO4S2. The van der Waals surface area contributed by atoms with Gasteiger partial charge in [-0.2, -0.15) is 0 Å². The van der Waals surface area contributed by atoms with Crippen LogP contribution in [0.15, 0.2) is 16.3 Å². The van der Waals surface area contributed by atoms with E-state index in [1.165, 1.54) is 12.1 Å². The minimum Gasteiger partial charge on any atom is -0.477 e. The Bertz CT molecular complexity index is 514. The minimum atomic E-state index is -3.55. The van der Waals surface area contributed by atoms with Crippen molar-refractivity contribution in [1.82, 2.24) is 4.72 Å². The lowest BCUT2D eigenvalue weighted by molar-refractivity contribution is 0.0702. The molecule has 0 saturated heterocycles. The summed E-state index contributed by atoms with van der Waals surface area (Å²) in [5.41, 5.74) is 0. The quantitative estimate of drug-likeness (QED) is 0.875. The van der Waals surface area contributed by atoms with Gasteiger partial charge in [0.05, 0.1) is 0 Å². The van der Waals surface area contributed by atoms with Crippen molar-refractivity contribution in [2.24, 2.45) is 0 Å². The van der Waals surface area contributed by atoms with Crippen molar-refractivity contribution in [1.29, 1.82) is 0 Å². The summed E-state index contributed by atoms with van der Waals surface area (Å²) in [7, 11) is -3.55. The van der Waals surface area contributed by atoms with E-state index in [4.69, 9.17) is 5.11 Å². The van der Waals surface area contributed by atoms with Gasteiger partial charge < -0.3 is 5.11 Å². The number of carbonyl (C=O) groups is 1. The summed E-state index contributed by atoms with van der Waals surface area (Å²) in [5, 5.41) is 8.74. The van der Waals surface area contributed by atoms with E-state index < -0.39 is 16.0 Å². The summed E-state index contributed by atoms with van der Waals surface area (Å²) in [6.07, 6.45) is 3.79. The fourth-order valence-electron chi connectivity index (χ4n) is 1.90. The second kappa shape index (κ2) is 4.75. The number of carboxylic acids is 1. The number of sulfonamides is 1. The molecule has 1 aliphatic rings. The average molecular weight is 275 g/mol. The summed E-state index contributed by atoms with van der Waals surface area (Å²) in [4.78, 5) is 10.7. The van der Waals surface area contributed by atoms with E-state index in [2.05, 4.69) is 4.72 Å². The Hall–Kier alpha value is -0.920. The van der Waals surface area contributed by atoms with Crippen LogP contribution in [-0.2, 0) is 10.0 Å². The molecule has 94 valence electrons. The summed E-state index contributed by atoms with van der Waals surface area (Å²) in [5.74, 6) is -1.10. The van der Waals surface area contributed by atoms with Crippen LogP contribution < -0.4 is 4.72 Å². The molecule has 1 heterocycles. The summed E-state index contributed by atoms with van der Waals surface area (Å²) in [6.45, 7) is 0. The molecule has 1 aromatic rings. The molecule has 0 spiro atoms. The maximum Gasteiger partial charge on any atom is 0.345 e. The van der Waals surface area contributed by atoms with Crippen LogP contribution in [0, 0.1) is 0 Å². The predicted molar refractivity (Wildman–Crippen MR) is 63.9 cm³/mol. The van der Waals surface area contributed by atoms with E-state index in [0.717, 1.165) is 37.0 Å². The molecular weight excluding hydrogens is 262 g/mol. The van der Waals surface area contributed by atoms with E-state index >= 15 is 0 Å². The largest absolute Gasteiger partial charge is 0.477 e. The van der Waals surface area contributed by atoms with E-state index in [0.29, 0.717) is 0 Å². The Morgan fingerprint density at radius 2 is 2.00 bits per heavy atom. The van der Waals surface area contributed by atoms with Gasteiger partial charge in [0.25, 0.3) is 0 Å². The van der Waals surface area contributed by atoms with Gasteiger partial charge in [0, 0.05) is 6.04 Å². The zero-order chi connectivity index (χ0) is 12.5. The smallest absolute Gasteiger partial charge is 0.345 e. The summed E-state index contributed by atoms with van der Waals surface area (Å²) in [6, 6.07) is 2.65. The van der Waals surface area contributed by atoms with Crippen molar-refractivity contribution >= 4 is 27.3 Å². The number of aromatic carboxylic acids is 1. The first kappa shape index (κ1) is 12.5. The van der Waals surface area contributed by atoms with Crippen molar-refractivity contribution < 1.29 is 18.3 Å². The molecule has 0 aliphatic heterocycles. The van der Waals surface area contributed by atoms with Crippen LogP contribution in [0.5, 0.6) is 0 Å².